The van der Waals surface area contributed by atoms with Gasteiger partial charge in [-0.3, -0.25) is 4.79 Å². The van der Waals surface area contributed by atoms with E-state index in [1.807, 2.05) is 0 Å². The fourth-order valence-electron chi connectivity index (χ4n) is 3.11. The fraction of sp³-hybridized carbons (Fsp3) is 0.444. The average Bonchev–Trinajstić information content (AvgIpc) is 3.02. The molecule has 0 radical (unpaired) electrons. The molecule has 0 unspecified atom stereocenters. The molecule has 11 heteroatoms. The highest BCUT2D eigenvalue weighted by Gasteiger charge is 2.33. The van der Waals surface area contributed by atoms with Crippen LogP contribution in [0.25, 0.3) is 0 Å². The second kappa shape index (κ2) is 8.80. The molecular weight excluding hydrogens is 422 g/mol. The predicted octanol–water partition coefficient (Wildman–Crippen LogP) is 3.08. The van der Waals surface area contributed by atoms with Gasteiger partial charge in [0.2, 0.25) is 5.91 Å². The molecule has 0 saturated carbocycles. The summed E-state index contributed by atoms with van der Waals surface area (Å²) in [7, 11) is -1.95. The van der Waals surface area contributed by atoms with Crippen molar-refractivity contribution in [2.75, 3.05) is 18.4 Å². The number of carbonyl (C=O) groups is 1. The zero-order valence-electron chi connectivity index (χ0n) is 16.0. The van der Waals surface area contributed by atoms with Gasteiger partial charge in [-0.05, 0) is 44.0 Å². The monoisotopic (exact) mass is 444 g/mol. The van der Waals surface area contributed by atoms with Gasteiger partial charge < -0.3 is 9.88 Å². The molecular formula is C18H22F2N4O3S2. The molecule has 1 aliphatic heterocycles. The van der Waals surface area contributed by atoms with E-state index in [1.165, 1.54) is 22.6 Å². The number of halogens is 2. The van der Waals surface area contributed by atoms with Gasteiger partial charge >= 0.3 is 0 Å². The van der Waals surface area contributed by atoms with Gasteiger partial charge in [-0.1, -0.05) is 11.8 Å². The Balaban J connectivity index is 1.56. The normalized spacial score (nSPS) is 16.3. The molecule has 7 nitrogen and oxygen atoms in total. The molecule has 29 heavy (non-hydrogen) atoms. The van der Waals surface area contributed by atoms with E-state index in [0.29, 0.717) is 41.0 Å². The number of anilines is 1. The molecule has 1 N–H and O–H groups in total. The van der Waals surface area contributed by atoms with Crippen molar-refractivity contribution in [3.05, 3.63) is 36.3 Å². The molecule has 3 rings (SSSR count). The Labute approximate surface area is 172 Å². The zero-order valence-corrected chi connectivity index (χ0v) is 17.6. The molecule has 1 amide bonds. The van der Waals surface area contributed by atoms with Crippen LogP contribution >= 0.6 is 11.8 Å². The lowest BCUT2D eigenvalue weighted by molar-refractivity contribution is -0.120. The molecule has 0 atom stereocenters. The van der Waals surface area contributed by atoms with E-state index >= 15 is 0 Å². The molecule has 158 valence electrons. The summed E-state index contributed by atoms with van der Waals surface area (Å²) in [5, 5.41) is 2.78. The molecule has 2 aromatic rings. The van der Waals surface area contributed by atoms with Crippen molar-refractivity contribution in [2.45, 2.75) is 35.4 Å². The van der Waals surface area contributed by atoms with E-state index in [2.05, 4.69) is 10.3 Å². The van der Waals surface area contributed by atoms with E-state index in [1.54, 1.807) is 30.7 Å². The summed E-state index contributed by atoms with van der Waals surface area (Å²) in [6, 6.07) is 6.20. The first-order valence-electron chi connectivity index (χ1n) is 9.02. The first kappa shape index (κ1) is 21.7. The third-order valence-electron chi connectivity index (χ3n) is 4.86. The number of imidazole rings is 1. The minimum atomic E-state index is -3.68. The van der Waals surface area contributed by atoms with Crippen LogP contribution in [0.5, 0.6) is 0 Å². The first-order chi connectivity index (χ1) is 13.7. The van der Waals surface area contributed by atoms with Crippen molar-refractivity contribution in [1.82, 2.24) is 13.9 Å². The van der Waals surface area contributed by atoms with Gasteiger partial charge in [0, 0.05) is 42.8 Å². The van der Waals surface area contributed by atoms with Crippen LogP contribution < -0.4 is 5.32 Å². The number of thioether (sulfide) groups is 1. The van der Waals surface area contributed by atoms with E-state index in [9.17, 15) is 22.0 Å². The third-order valence-corrected chi connectivity index (χ3v) is 7.36. The lowest BCUT2D eigenvalue weighted by atomic mass is 9.97. The van der Waals surface area contributed by atoms with E-state index in [-0.39, 0.29) is 29.9 Å². The van der Waals surface area contributed by atoms with Crippen molar-refractivity contribution in [3.63, 3.8) is 0 Å². The molecule has 1 aromatic carbocycles. The lowest BCUT2D eigenvalue weighted by Crippen LogP contribution is -2.41. The smallest absolute Gasteiger partial charge is 0.288 e. The summed E-state index contributed by atoms with van der Waals surface area (Å²) in [6.45, 7) is 2.20. The van der Waals surface area contributed by atoms with Crippen LogP contribution in [-0.4, -0.2) is 47.0 Å². The molecule has 1 saturated heterocycles. The Morgan fingerprint density at radius 3 is 2.38 bits per heavy atom. The number of nitrogens with zero attached hydrogens (tertiary/aromatic N) is 3. The van der Waals surface area contributed by atoms with Crippen LogP contribution in [0.4, 0.5) is 14.5 Å². The van der Waals surface area contributed by atoms with Crippen molar-refractivity contribution in [1.29, 1.82) is 0 Å². The fourth-order valence-corrected chi connectivity index (χ4v) is 5.10. The number of hydrogen-bond acceptors (Lipinski definition) is 5. The Morgan fingerprint density at radius 2 is 1.86 bits per heavy atom. The minimum Gasteiger partial charge on any atom is -0.337 e. The van der Waals surface area contributed by atoms with Gasteiger partial charge in [0.05, 0.1) is 0 Å². The second-order valence-electron chi connectivity index (χ2n) is 6.81. The van der Waals surface area contributed by atoms with Gasteiger partial charge in [-0.2, -0.15) is 13.1 Å². The highest BCUT2D eigenvalue weighted by Crippen LogP contribution is 2.27. The summed E-state index contributed by atoms with van der Waals surface area (Å²) in [5.74, 6) is -2.41. The largest absolute Gasteiger partial charge is 0.337 e. The number of aromatic nitrogens is 2. The number of benzene rings is 1. The highest BCUT2D eigenvalue weighted by molar-refractivity contribution is 7.99. The number of sulfonamides is 1. The second-order valence-corrected chi connectivity index (χ2v) is 9.76. The van der Waals surface area contributed by atoms with E-state index < -0.39 is 15.8 Å². The summed E-state index contributed by atoms with van der Waals surface area (Å²) >= 11 is 0.442. The van der Waals surface area contributed by atoms with Crippen LogP contribution in [0, 0.1) is 12.8 Å². The van der Waals surface area contributed by atoms with Crippen LogP contribution in [0.1, 0.15) is 18.7 Å². The number of hydrogen-bond donors (Lipinski definition) is 1. The summed E-state index contributed by atoms with van der Waals surface area (Å²) in [6.07, 6.45) is 2.28. The Bertz CT molecular complexity index is 950. The van der Waals surface area contributed by atoms with Crippen LogP contribution in [-0.2, 0) is 21.9 Å². The molecule has 1 fully saturated rings. The van der Waals surface area contributed by atoms with Crippen molar-refractivity contribution < 1.29 is 22.0 Å². The van der Waals surface area contributed by atoms with Crippen molar-refractivity contribution >= 4 is 33.4 Å². The maximum Gasteiger partial charge on any atom is 0.288 e. The predicted molar refractivity (Wildman–Crippen MR) is 106 cm³/mol. The van der Waals surface area contributed by atoms with Crippen LogP contribution in [0.2, 0.25) is 0 Å². The number of piperidine rings is 1. The van der Waals surface area contributed by atoms with Gasteiger partial charge in [0.25, 0.3) is 15.8 Å². The Kier molecular flexibility index (Phi) is 6.59. The Hall–Kier alpha value is -1.98. The number of alkyl halides is 2. The molecule has 2 heterocycles. The summed E-state index contributed by atoms with van der Waals surface area (Å²) in [4.78, 5) is 17.0. The SMILES string of the molecule is Cc1nc(S(=O)(=O)N2CCC(C(=O)Nc3ccc(SC(F)F)cc3)CC2)cn1C. The third kappa shape index (κ3) is 5.14. The van der Waals surface area contributed by atoms with Gasteiger partial charge in [0.1, 0.15) is 5.82 Å². The van der Waals surface area contributed by atoms with Crippen molar-refractivity contribution in [2.24, 2.45) is 13.0 Å². The number of nitrogens with one attached hydrogen (secondary N) is 1. The maximum atomic E-state index is 12.7. The van der Waals surface area contributed by atoms with Gasteiger partial charge in [-0.15, -0.1) is 0 Å². The molecule has 0 bridgehead atoms. The Morgan fingerprint density at radius 1 is 1.24 bits per heavy atom. The first-order valence-corrected chi connectivity index (χ1v) is 11.3. The van der Waals surface area contributed by atoms with E-state index in [4.69, 9.17) is 0 Å². The molecule has 0 aliphatic carbocycles. The highest BCUT2D eigenvalue weighted by atomic mass is 32.2. The topological polar surface area (TPSA) is 84.3 Å². The number of carbonyl (C=O) groups excluding carboxylic acids is 1. The minimum absolute atomic E-state index is 0.0159. The lowest BCUT2D eigenvalue weighted by Gasteiger charge is -2.29. The quantitative estimate of drug-likeness (QED) is 0.693. The van der Waals surface area contributed by atoms with Crippen LogP contribution in [0.3, 0.4) is 0 Å². The zero-order chi connectivity index (χ0) is 21.2. The number of aryl methyl sites for hydroxylation is 2. The van der Waals surface area contributed by atoms with Gasteiger partial charge in [0.15, 0.2) is 5.03 Å². The average molecular weight is 445 g/mol. The van der Waals surface area contributed by atoms with Gasteiger partial charge in [-0.25, -0.2) is 13.4 Å². The number of amides is 1. The molecule has 1 aliphatic rings. The number of rotatable bonds is 6. The standard InChI is InChI=1S/C18H22F2N4O3S2/c1-12-21-16(11-23(12)2)29(26,27)24-9-7-13(8-10-24)17(25)22-14-3-5-15(6-4-14)28-18(19)20/h3-6,11,13,18H,7-10H2,1-2H3,(H,22,25). The van der Waals surface area contributed by atoms with Crippen LogP contribution in [0.15, 0.2) is 40.4 Å². The van der Waals surface area contributed by atoms with E-state index in [0.717, 1.165) is 0 Å². The molecule has 0 spiro atoms. The maximum absolute atomic E-state index is 12.7. The molecule has 1 aromatic heterocycles. The summed E-state index contributed by atoms with van der Waals surface area (Å²) < 4.78 is 53.2. The van der Waals surface area contributed by atoms with Crippen molar-refractivity contribution in [3.8, 4) is 0 Å². The summed E-state index contributed by atoms with van der Waals surface area (Å²) in [5.41, 5.74) is 0.521.